The van der Waals surface area contributed by atoms with Gasteiger partial charge >= 0.3 is 6.03 Å². The number of hydrogen-bond donors (Lipinski definition) is 3. The highest BCUT2D eigenvalue weighted by atomic mass is 35.5. The summed E-state index contributed by atoms with van der Waals surface area (Å²) in [5, 5.41) is 5.89. The topological polar surface area (TPSA) is 84.2 Å². The molecule has 3 amide bonds. The van der Waals surface area contributed by atoms with E-state index in [1.54, 1.807) is 18.2 Å². The summed E-state index contributed by atoms with van der Waals surface area (Å²) in [6.07, 6.45) is 0. The number of hydrogen-bond acceptors (Lipinski definition) is 2. The van der Waals surface area contributed by atoms with Crippen LogP contribution >= 0.6 is 34.8 Å². The Labute approximate surface area is 141 Å². The molecule has 0 aromatic heterocycles. The van der Waals surface area contributed by atoms with E-state index < -0.39 is 11.9 Å². The molecule has 5 nitrogen and oxygen atoms in total. The number of rotatable bonds is 3. The third-order valence-corrected chi connectivity index (χ3v) is 3.56. The second kappa shape index (κ2) is 6.87. The summed E-state index contributed by atoms with van der Waals surface area (Å²) in [7, 11) is 0. The third kappa shape index (κ3) is 3.82. The van der Waals surface area contributed by atoms with E-state index in [1.807, 2.05) is 0 Å². The quantitative estimate of drug-likeness (QED) is 0.760. The van der Waals surface area contributed by atoms with Gasteiger partial charge in [-0.1, -0.05) is 40.9 Å². The van der Waals surface area contributed by atoms with E-state index in [0.29, 0.717) is 5.02 Å². The van der Waals surface area contributed by atoms with E-state index in [2.05, 4.69) is 10.6 Å². The number of urea groups is 1. The van der Waals surface area contributed by atoms with Gasteiger partial charge in [-0.3, -0.25) is 4.79 Å². The molecule has 0 aliphatic carbocycles. The van der Waals surface area contributed by atoms with Gasteiger partial charge in [-0.05, 0) is 30.3 Å². The van der Waals surface area contributed by atoms with Gasteiger partial charge in [-0.2, -0.15) is 0 Å². The second-order valence-electron chi connectivity index (χ2n) is 4.23. The number of nitrogens with two attached hydrogens (primary N) is 1. The van der Waals surface area contributed by atoms with E-state index in [0.717, 1.165) is 0 Å². The molecule has 2 rings (SSSR count). The van der Waals surface area contributed by atoms with Crippen molar-refractivity contribution >= 4 is 58.1 Å². The molecule has 0 spiro atoms. The zero-order valence-electron chi connectivity index (χ0n) is 11.0. The molecule has 0 saturated heterocycles. The number of benzene rings is 2. The SMILES string of the molecule is NC(=O)c1ccc(Cl)cc1NC(=O)Nc1c(Cl)cccc1Cl. The van der Waals surface area contributed by atoms with Crippen molar-refractivity contribution in [3.8, 4) is 0 Å². The first-order valence-electron chi connectivity index (χ1n) is 6.00. The molecule has 0 radical (unpaired) electrons. The maximum absolute atomic E-state index is 12.0. The lowest BCUT2D eigenvalue weighted by Crippen LogP contribution is -2.22. The average molecular weight is 359 g/mol. The van der Waals surface area contributed by atoms with Crippen LogP contribution in [0.3, 0.4) is 0 Å². The van der Waals surface area contributed by atoms with Gasteiger partial charge in [-0.15, -0.1) is 0 Å². The summed E-state index contributed by atoms with van der Waals surface area (Å²) in [5.74, 6) is -0.692. The van der Waals surface area contributed by atoms with Gasteiger partial charge in [0.15, 0.2) is 0 Å². The molecule has 22 heavy (non-hydrogen) atoms. The van der Waals surface area contributed by atoms with Crippen LogP contribution in [0.1, 0.15) is 10.4 Å². The molecular formula is C14H10Cl3N3O2. The maximum Gasteiger partial charge on any atom is 0.323 e. The van der Waals surface area contributed by atoms with E-state index in [-0.39, 0.29) is 27.0 Å². The van der Waals surface area contributed by atoms with E-state index in [4.69, 9.17) is 40.5 Å². The number of amides is 3. The summed E-state index contributed by atoms with van der Waals surface area (Å²) in [4.78, 5) is 23.4. The fourth-order valence-corrected chi connectivity index (χ4v) is 2.38. The third-order valence-electron chi connectivity index (χ3n) is 2.70. The Morgan fingerprint density at radius 2 is 1.59 bits per heavy atom. The van der Waals surface area contributed by atoms with Crippen LogP contribution in [-0.4, -0.2) is 11.9 Å². The van der Waals surface area contributed by atoms with Gasteiger partial charge in [0.1, 0.15) is 0 Å². The van der Waals surface area contributed by atoms with Crippen molar-refractivity contribution in [3.05, 3.63) is 57.0 Å². The van der Waals surface area contributed by atoms with Crippen molar-refractivity contribution in [3.63, 3.8) is 0 Å². The van der Waals surface area contributed by atoms with Crippen molar-refractivity contribution in [1.82, 2.24) is 0 Å². The normalized spacial score (nSPS) is 10.1. The van der Waals surface area contributed by atoms with E-state index in [1.165, 1.54) is 18.2 Å². The van der Waals surface area contributed by atoms with Crippen molar-refractivity contribution in [2.45, 2.75) is 0 Å². The minimum Gasteiger partial charge on any atom is -0.366 e. The Morgan fingerprint density at radius 1 is 0.955 bits per heavy atom. The number of nitrogens with one attached hydrogen (secondary N) is 2. The molecule has 0 atom stereocenters. The fourth-order valence-electron chi connectivity index (χ4n) is 1.72. The molecule has 114 valence electrons. The summed E-state index contributed by atoms with van der Waals surface area (Å²) >= 11 is 17.8. The zero-order chi connectivity index (χ0) is 16.3. The van der Waals surface area contributed by atoms with Crippen LogP contribution in [-0.2, 0) is 0 Å². The predicted molar refractivity (Wildman–Crippen MR) is 89.1 cm³/mol. The largest absolute Gasteiger partial charge is 0.366 e. The van der Waals surface area contributed by atoms with Crippen molar-refractivity contribution in [2.75, 3.05) is 10.6 Å². The smallest absolute Gasteiger partial charge is 0.323 e. The molecule has 2 aromatic carbocycles. The molecule has 0 bridgehead atoms. The Balaban J connectivity index is 2.23. The van der Waals surface area contributed by atoms with Crippen LogP contribution in [0.5, 0.6) is 0 Å². The monoisotopic (exact) mass is 357 g/mol. The highest BCUT2D eigenvalue weighted by Gasteiger charge is 2.14. The summed E-state index contributed by atoms with van der Waals surface area (Å²) in [6.45, 7) is 0. The van der Waals surface area contributed by atoms with Crippen LogP contribution in [0.2, 0.25) is 15.1 Å². The lowest BCUT2D eigenvalue weighted by molar-refractivity contribution is 0.100. The molecular weight excluding hydrogens is 349 g/mol. The summed E-state index contributed by atoms with van der Waals surface area (Å²) in [5.41, 5.74) is 5.81. The van der Waals surface area contributed by atoms with Crippen molar-refractivity contribution in [1.29, 1.82) is 0 Å². The molecule has 2 aromatic rings. The average Bonchev–Trinajstić information content (AvgIpc) is 2.43. The van der Waals surface area contributed by atoms with Crippen LogP contribution in [0, 0.1) is 0 Å². The second-order valence-corrected chi connectivity index (χ2v) is 5.48. The first kappa shape index (κ1) is 16.4. The molecule has 0 saturated carbocycles. The van der Waals surface area contributed by atoms with Gasteiger partial charge in [0, 0.05) is 5.02 Å². The Hall–Kier alpha value is -1.95. The minimum atomic E-state index is -0.692. The number of para-hydroxylation sites is 1. The Morgan fingerprint density at radius 3 is 2.18 bits per heavy atom. The first-order chi connectivity index (χ1) is 10.4. The van der Waals surface area contributed by atoms with Crippen LogP contribution in [0.15, 0.2) is 36.4 Å². The summed E-state index contributed by atoms with van der Waals surface area (Å²) < 4.78 is 0. The fraction of sp³-hybridized carbons (Fsp3) is 0. The predicted octanol–water partition coefficient (Wildman–Crippen LogP) is 4.39. The van der Waals surface area contributed by atoms with E-state index in [9.17, 15) is 9.59 Å². The molecule has 0 fully saturated rings. The first-order valence-corrected chi connectivity index (χ1v) is 7.13. The molecule has 0 aliphatic rings. The maximum atomic E-state index is 12.0. The van der Waals surface area contributed by atoms with Gasteiger partial charge in [0.05, 0.1) is 27.0 Å². The number of halogens is 3. The van der Waals surface area contributed by atoms with Gasteiger partial charge in [-0.25, -0.2) is 4.79 Å². The number of primary amides is 1. The number of carbonyl (C=O) groups is 2. The Bertz CT molecular complexity index is 730. The Kier molecular flexibility index (Phi) is 5.13. The lowest BCUT2D eigenvalue weighted by Gasteiger charge is -2.12. The highest BCUT2D eigenvalue weighted by Crippen LogP contribution is 2.30. The molecule has 0 aliphatic heterocycles. The van der Waals surface area contributed by atoms with Gasteiger partial charge in [0.2, 0.25) is 0 Å². The summed E-state index contributed by atoms with van der Waals surface area (Å²) in [6, 6.07) is 8.50. The van der Waals surface area contributed by atoms with Gasteiger partial charge in [0.25, 0.3) is 5.91 Å². The van der Waals surface area contributed by atoms with Crippen molar-refractivity contribution < 1.29 is 9.59 Å². The molecule has 0 heterocycles. The van der Waals surface area contributed by atoms with Gasteiger partial charge < -0.3 is 16.4 Å². The minimum absolute atomic E-state index is 0.129. The number of carbonyl (C=O) groups excluding carboxylic acids is 2. The van der Waals surface area contributed by atoms with Crippen LogP contribution < -0.4 is 16.4 Å². The molecule has 0 unspecified atom stereocenters. The molecule has 4 N–H and O–H groups in total. The zero-order valence-corrected chi connectivity index (χ0v) is 13.3. The van der Waals surface area contributed by atoms with E-state index >= 15 is 0 Å². The van der Waals surface area contributed by atoms with Crippen LogP contribution in [0.4, 0.5) is 16.2 Å². The standard InChI is InChI=1S/C14H10Cl3N3O2/c15-7-4-5-8(13(18)21)11(6-7)19-14(22)20-12-9(16)2-1-3-10(12)17/h1-6H,(H2,18,21)(H2,19,20,22). The highest BCUT2D eigenvalue weighted by molar-refractivity contribution is 6.39. The number of anilines is 2. The molecule has 8 heteroatoms. The lowest BCUT2D eigenvalue weighted by atomic mass is 10.1. The van der Waals surface area contributed by atoms with Crippen molar-refractivity contribution in [2.24, 2.45) is 5.73 Å². The van der Waals surface area contributed by atoms with Crippen LogP contribution in [0.25, 0.3) is 0 Å².